The number of hydrogen-bond donors (Lipinski definition) is 1. The van der Waals surface area contributed by atoms with Crippen molar-refractivity contribution in [1.82, 2.24) is 14.7 Å². The van der Waals surface area contributed by atoms with E-state index < -0.39 is 17.9 Å². The van der Waals surface area contributed by atoms with Crippen LogP contribution in [0.25, 0.3) is 0 Å². The highest BCUT2D eigenvalue weighted by atomic mass is 16.4. The average molecular weight is 279 g/mol. The molecule has 0 bridgehead atoms. The first-order chi connectivity index (χ1) is 9.56. The van der Waals surface area contributed by atoms with Crippen LogP contribution in [0.4, 0.5) is 0 Å². The van der Waals surface area contributed by atoms with Crippen LogP contribution in [0.15, 0.2) is 12.3 Å². The Labute approximate surface area is 118 Å². The molecule has 0 spiro atoms. The zero-order valence-electron chi connectivity index (χ0n) is 12.0. The molecule has 1 aromatic rings. The number of carboxylic acid groups (broad SMARTS) is 1. The van der Waals surface area contributed by atoms with Gasteiger partial charge in [0, 0.05) is 26.2 Å². The number of rotatable bonds is 4. The van der Waals surface area contributed by atoms with Gasteiger partial charge in [-0.1, -0.05) is 6.92 Å². The summed E-state index contributed by atoms with van der Waals surface area (Å²) in [4.78, 5) is 25.6. The van der Waals surface area contributed by atoms with Crippen LogP contribution >= 0.6 is 0 Å². The molecule has 6 nitrogen and oxygen atoms in total. The third kappa shape index (κ3) is 2.69. The number of aryl methyl sites for hydroxylation is 1. The van der Waals surface area contributed by atoms with Gasteiger partial charge < -0.3 is 10.0 Å². The SMILES string of the molecule is CCCN1C(=O)CCCC(C(=O)O)C1c1ccnn1C. The predicted octanol–water partition coefficient (Wildman–Crippen LogP) is 1.58. The zero-order valence-corrected chi connectivity index (χ0v) is 12.0. The standard InChI is InChI=1S/C14H21N3O3/c1-3-9-17-12(18)6-4-5-10(14(19)20)13(17)11-7-8-15-16(11)2/h7-8,10,13H,3-6,9H2,1-2H3,(H,19,20). The Balaban J connectivity index is 2.46. The minimum absolute atomic E-state index is 0.0433. The molecule has 110 valence electrons. The van der Waals surface area contributed by atoms with Crippen molar-refractivity contribution >= 4 is 11.9 Å². The van der Waals surface area contributed by atoms with E-state index in [1.807, 2.05) is 13.0 Å². The summed E-state index contributed by atoms with van der Waals surface area (Å²) in [5.41, 5.74) is 0.793. The van der Waals surface area contributed by atoms with Crippen LogP contribution in [0, 0.1) is 5.92 Å². The first-order valence-electron chi connectivity index (χ1n) is 7.06. The lowest BCUT2D eigenvalue weighted by Gasteiger charge is -2.33. The second-order valence-corrected chi connectivity index (χ2v) is 5.25. The minimum atomic E-state index is -0.841. The second-order valence-electron chi connectivity index (χ2n) is 5.25. The second kappa shape index (κ2) is 6.07. The van der Waals surface area contributed by atoms with E-state index >= 15 is 0 Å². The van der Waals surface area contributed by atoms with Crippen LogP contribution in [-0.4, -0.2) is 38.2 Å². The van der Waals surface area contributed by atoms with Gasteiger partial charge in [-0.3, -0.25) is 14.3 Å². The molecule has 2 rings (SSSR count). The normalized spacial score (nSPS) is 23.7. The molecule has 0 radical (unpaired) electrons. The number of carboxylic acids is 1. The lowest BCUT2D eigenvalue weighted by Crippen LogP contribution is -2.40. The Bertz CT molecular complexity index is 498. The number of likely N-dealkylation sites (tertiary alicyclic amines) is 1. The van der Waals surface area contributed by atoms with E-state index in [9.17, 15) is 14.7 Å². The molecule has 1 aromatic heterocycles. The molecule has 1 amide bonds. The molecule has 1 fully saturated rings. The number of aromatic nitrogens is 2. The Hall–Kier alpha value is -1.85. The van der Waals surface area contributed by atoms with Gasteiger partial charge in [-0.15, -0.1) is 0 Å². The summed E-state index contributed by atoms with van der Waals surface area (Å²) >= 11 is 0. The van der Waals surface area contributed by atoms with Gasteiger partial charge >= 0.3 is 5.97 Å². The molecular weight excluding hydrogens is 258 g/mol. The lowest BCUT2D eigenvalue weighted by molar-refractivity contribution is -0.146. The van der Waals surface area contributed by atoms with Crippen molar-refractivity contribution in [2.24, 2.45) is 13.0 Å². The van der Waals surface area contributed by atoms with Gasteiger partial charge in [0.25, 0.3) is 0 Å². The van der Waals surface area contributed by atoms with Crippen molar-refractivity contribution in [1.29, 1.82) is 0 Å². The van der Waals surface area contributed by atoms with Gasteiger partial charge in [0.2, 0.25) is 5.91 Å². The fraction of sp³-hybridized carbons (Fsp3) is 0.643. The summed E-state index contributed by atoms with van der Waals surface area (Å²) < 4.78 is 1.67. The molecule has 2 heterocycles. The Morgan fingerprint density at radius 1 is 1.55 bits per heavy atom. The summed E-state index contributed by atoms with van der Waals surface area (Å²) in [5, 5.41) is 13.6. The van der Waals surface area contributed by atoms with Crippen LogP contribution in [-0.2, 0) is 16.6 Å². The molecule has 0 saturated carbocycles. The molecule has 20 heavy (non-hydrogen) atoms. The maximum atomic E-state index is 12.3. The van der Waals surface area contributed by atoms with Crippen molar-refractivity contribution in [2.45, 2.75) is 38.6 Å². The smallest absolute Gasteiger partial charge is 0.309 e. The van der Waals surface area contributed by atoms with Crippen molar-refractivity contribution in [2.75, 3.05) is 6.54 Å². The van der Waals surface area contributed by atoms with Gasteiger partial charge in [-0.2, -0.15) is 5.10 Å². The van der Waals surface area contributed by atoms with Gasteiger partial charge in [0.05, 0.1) is 17.7 Å². The van der Waals surface area contributed by atoms with Crippen molar-refractivity contribution in [3.63, 3.8) is 0 Å². The van der Waals surface area contributed by atoms with Crippen molar-refractivity contribution in [3.8, 4) is 0 Å². The van der Waals surface area contributed by atoms with E-state index in [0.29, 0.717) is 25.8 Å². The Kier molecular flexibility index (Phi) is 4.42. The monoisotopic (exact) mass is 279 g/mol. The molecule has 2 unspecified atom stereocenters. The first kappa shape index (κ1) is 14.6. The van der Waals surface area contributed by atoms with E-state index in [0.717, 1.165) is 12.1 Å². The number of aliphatic carboxylic acids is 1. The fourth-order valence-corrected chi connectivity index (χ4v) is 2.95. The van der Waals surface area contributed by atoms with Crippen LogP contribution in [0.3, 0.4) is 0 Å². The zero-order chi connectivity index (χ0) is 14.7. The van der Waals surface area contributed by atoms with E-state index in [1.165, 1.54) is 0 Å². The molecule has 0 aliphatic carbocycles. The van der Waals surface area contributed by atoms with Crippen molar-refractivity contribution in [3.05, 3.63) is 18.0 Å². The molecule has 1 N–H and O–H groups in total. The quantitative estimate of drug-likeness (QED) is 0.908. The van der Waals surface area contributed by atoms with Gasteiger partial charge in [0.15, 0.2) is 0 Å². The third-order valence-corrected chi connectivity index (χ3v) is 3.89. The maximum Gasteiger partial charge on any atom is 0.309 e. The molecule has 1 aliphatic rings. The topological polar surface area (TPSA) is 75.4 Å². The number of hydrogen-bond acceptors (Lipinski definition) is 3. The molecule has 1 aliphatic heterocycles. The third-order valence-electron chi connectivity index (χ3n) is 3.89. The molecule has 6 heteroatoms. The average Bonchev–Trinajstić information content (AvgIpc) is 2.74. The predicted molar refractivity (Wildman–Crippen MR) is 72.9 cm³/mol. The molecule has 2 atom stereocenters. The Morgan fingerprint density at radius 2 is 2.30 bits per heavy atom. The molecule has 1 saturated heterocycles. The summed E-state index contributed by atoms with van der Waals surface area (Å²) in [7, 11) is 1.79. The van der Waals surface area contributed by atoms with E-state index in [2.05, 4.69) is 5.10 Å². The van der Waals surface area contributed by atoms with Gasteiger partial charge in [-0.25, -0.2) is 0 Å². The van der Waals surface area contributed by atoms with E-state index in [-0.39, 0.29) is 5.91 Å². The molecule has 0 aromatic carbocycles. The maximum absolute atomic E-state index is 12.3. The van der Waals surface area contributed by atoms with E-state index in [4.69, 9.17) is 0 Å². The highest BCUT2D eigenvalue weighted by molar-refractivity contribution is 5.79. The minimum Gasteiger partial charge on any atom is -0.481 e. The Morgan fingerprint density at radius 3 is 2.85 bits per heavy atom. The highest BCUT2D eigenvalue weighted by Gasteiger charge is 2.39. The van der Waals surface area contributed by atoms with Crippen LogP contribution in [0.2, 0.25) is 0 Å². The summed E-state index contributed by atoms with van der Waals surface area (Å²) in [6.45, 7) is 2.58. The number of carbonyl (C=O) groups is 2. The fourth-order valence-electron chi connectivity index (χ4n) is 2.95. The van der Waals surface area contributed by atoms with Crippen LogP contribution < -0.4 is 0 Å². The van der Waals surface area contributed by atoms with Gasteiger partial charge in [0.1, 0.15) is 0 Å². The van der Waals surface area contributed by atoms with E-state index in [1.54, 1.807) is 22.8 Å². The first-order valence-corrected chi connectivity index (χ1v) is 7.06. The van der Waals surface area contributed by atoms with Crippen LogP contribution in [0.1, 0.15) is 44.3 Å². The highest BCUT2D eigenvalue weighted by Crippen LogP contribution is 2.35. The molecular formula is C14H21N3O3. The van der Waals surface area contributed by atoms with Crippen molar-refractivity contribution < 1.29 is 14.7 Å². The van der Waals surface area contributed by atoms with Crippen LogP contribution in [0.5, 0.6) is 0 Å². The number of nitrogens with zero attached hydrogens (tertiary/aromatic N) is 3. The van der Waals surface area contributed by atoms with Gasteiger partial charge in [-0.05, 0) is 25.3 Å². The summed E-state index contributed by atoms with van der Waals surface area (Å²) in [6.07, 6.45) is 4.04. The summed E-state index contributed by atoms with van der Waals surface area (Å²) in [6, 6.07) is 1.39. The lowest BCUT2D eigenvalue weighted by atomic mass is 9.92. The number of amides is 1. The summed E-state index contributed by atoms with van der Waals surface area (Å²) in [5.74, 6) is -1.36. The number of carbonyl (C=O) groups excluding carboxylic acids is 1. The largest absolute Gasteiger partial charge is 0.481 e.